The average Bonchev–Trinajstić information content (AvgIpc) is 2.84. The summed E-state index contributed by atoms with van der Waals surface area (Å²) in [6.07, 6.45) is 3.22. The predicted octanol–water partition coefficient (Wildman–Crippen LogP) is 0.127. The lowest BCUT2D eigenvalue weighted by molar-refractivity contribution is 0.318. The van der Waals surface area contributed by atoms with Crippen LogP contribution >= 0.6 is 11.3 Å². The normalized spacial score (nSPS) is 11.9. The summed E-state index contributed by atoms with van der Waals surface area (Å²) in [6, 6.07) is 0. The zero-order valence-corrected chi connectivity index (χ0v) is 8.64. The summed E-state index contributed by atoms with van der Waals surface area (Å²) in [5.74, 6) is 0.279. The minimum absolute atomic E-state index is 0.0622. The largest absolute Gasteiger partial charge is 0.409 e. The fourth-order valence-corrected chi connectivity index (χ4v) is 1.75. The third kappa shape index (κ3) is 1.66. The third-order valence-corrected chi connectivity index (χ3v) is 2.54. The summed E-state index contributed by atoms with van der Waals surface area (Å²) < 4.78 is 1.61. The van der Waals surface area contributed by atoms with Crippen molar-refractivity contribution < 1.29 is 5.21 Å². The van der Waals surface area contributed by atoms with Crippen LogP contribution in [0.25, 0.3) is 5.13 Å². The Labute approximate surface area is 88.9 Å². The molecule has 0 fully saturated rings. The van der Waals surface area contributed by atoms with Crippen molar-refractivity contribution in [3.8, 4) is 5.13 Å². The molecule has 0 spiro atoms. The zero-order valence-electron chi connectivity index (χ0n) is 7.82. The summed E-state index contributed by atoms with van der Waals surface area (Å²) in [5, 5.41) is 20.7. The Kier molecular flexibility index (Phi) is 2.34. The van der Waals surface area contributed by atoms with Crippen molar-refractivity contribution in [2.75, 3.05) is 0 Å². The van der Waals surface area contributed by atoms with E-state index >= 15 is 0 Å². The van der Waals surface area contributed by atoms with Gasteiger partial charge in [0.25, 0.3) is 0 Å². The molecule has 0 saturated heterocycles. The Hall–Kier alpha value is -1.96. The first kappa shape index (κ1) is 9.59. The van der Waals surface area contributed by atoms with E-state index in [9.17, 15) is 0 Å². The van der Waals surface area contributed by atoms with Gasteiger partial charge in [-0.1, -0.05) is 16.5 Å². The van der Waals surface area contributed by atoms with Gasteiger partial charge in [0.2, 0.25) is 11.0 Å². The number of amidine groups is 1. The number of nitrogens with two attached hydrogens (primary N) is 1. The molecule has 0 radical (unpaired) electrons. The Bertz CT molecular complexity index is 501. The van der Waals surface area contributed by atoms with Gasteiger partial charge in [-0.25, -0.2) is 4.98 Å². The molecule has 2 aromatic heterocycles. The SMILES string of the molecule is Cc1nnc(-n2ccnc2/C(N)=N/O)s1. The predicted molar refractivity (Wildman–Crippen MR) is 54.3 cm³/mol. The highest BCUT2D eigenvalue weighted by molar-refractivity contribution is 7.13. The van der Waals surface area contributed by atoms with Crippen molar-refractivity contribution in [3.63, 3.8) is 0 Å². The van der Waals surface area contributed by atoms with Gasteiger partial charge in [-0.2, -0.15) is 0 Å². The molecular formula is C7H8N6OS. The lowest BCUT2D eigenvalue weighted by Gasteiger charge is -2.00. The van der Waals surface area contributed by atoms with Crippen LogP contribution in [0.2, 0.25) is 0 Å². The van der Waals surface area contributed by atoms with E-state index in [0.29, 0.717) is 11.0 Å². The van der Waals surface area contributed by atoms with Crippen LogP contribution in [0.1, 0.15) is 10.8 Å². The van der Waals surface area contributed by atoms with E-state index in [1.807, 2.05) is 6.92 Å². The number of imidazole rings is 1. The highest BCUT2D eigenvalue weighted by Gasteiger charge is 2.12. The van der Waals surface area contributed by atoms with Crippen LogP contribution in [0.4, 0.5) is 0 Å². The first-order valence-electron chi connectivity index (χ1n) is 4.04. The molecule has 0 aromatic carbocycles. The standard InChI is InChI=1S/C7H8N6OS/c1-4-10-11-7(15-4)13-3-2-9-6(13)5(8)12-14/h2-3,14H,1H3,(H2,8,12). The molecule has 0 saturated carbocycles. The minimum atomic E-state index is -0.0622. The zero-order chi connectivity index (χ0) is 10.8. The van der Waals surface area contributed by atoms with E-state index in [-0.39, 0.29) is 5.84 Å². The second kappa shape index (κ2) is 3.65. The van der Waals surface area contributed by atoms with Crippen molar-refractivity contribution >= 4 is 17.2 Å². The molecule has 0 unspecified atom stereocenters. The van der Waals surface area contributed by atoms with E-state index in [1.54, 1.807) is 17.0 Å². The molecule has 2 rings (SSSR count). The van der Waals surface area contributed by atoms with Gasteiger partial charge in [-0.3, -0.25) is 4.57 Å². The molecule has 15 heavy (non-hydrogen) atoms. The molecular weight excluding hydrogens is 216 g/mol. The average molecular weight is 224 g/mol. The molecule has 78 valence electrons. The van der Waals surface area contributed by atoms with Gasteiger partial charge in [0.1, 0.15) is 5.01 Å². The first-order chi connectivity index (χ1) is 7.22. The van der Waals surface area contributed by atoms with Gasteiger partial charge in [0, 0.05) is 12.4 Å². The molecule has 0 aliphatic carbocycles. The van der Waals surface area contributed by atoms with Crippen LogP contribution < -0.4 is 5.73 Å². The minimum Gasteiger partial charge on any atom is -0.409 e. The molecule has 2 aromatic rings. The maximum atomic E-state index is 8.56. The van der Waals surface area contributed by atoms with E-state index in [1.165, 1.54) is 11.3 Å². The highest BCUT2D eigenvalue weighted by Crippen LogP contribution is 2.15. The van der Waals surface area contributed by atoms with Crippen molar-refractivity contribution in [2.45, 2.75) is 6.92 Å². The molecule has 0 atom stereocenters. The smallest absolute Gasteiger partial charge is 0.218 e. The van der Waals surface area contributed by atoms with Crippen LogP contribution in [0, 0.1) is 6.92 Å². The number of aryl methyl sites for hydroxylation is 1. The fourth-order valence-electron chi connectivity index (χ4n) is 1.08. The van der Waals surface area contributed by atoms with Gasteiger partial charge in [0.15, 0.2) is 5.82 Å². The first-order valence-corrected chi connectivity index (χ1v) is 4.85. The molecule has 0 amide bonds. The monoisotopic (exact) mass is 224 g/mol. The van der Waals surface area contributed by atoms with Crippen molar-refractivity contribution in [2.24, 2.45) is 10.9 Å². The molecule has 2 heterocycles. The Morgan fingerprint density at radius 3 is 3.00 bits per heavy atom. The lowest BCUT2D eigenvalue weighted by Crippen LogP contribution is -2.18. The summed E-state index contributed by atoms with van der Waals surface area (Å²) in [7, 11) is 0. The van der Waals surface area contributed by atoms with E-state index in [0.717, 1.165) is 5.01 Å². The van der Waals surface area contributed by atoms with Gasteiger partial charge < -0.3 is 10.9 Å². The van der Waals surface area contributed by atoms with E-state index in [2.05, 4.69) is 20.3 Å². The van der Waals surface area contributed by atoms with Gasteiger partial charge >= 0.3 is 0 Å². The molecule has 8 heteroatoms. The third-order valence-electron chi connectivity index (χ3n) is 1.70. The number of nitrogens with zero attached hydrogens (tertiary/aromatic N) is 5. The lowest BCUT2D eigenvalue weighted by atomic mass is 10.5. The van der Waals surface area contributed by atoms with Crippen LogP contribution in [0.3, 0.4) is 0 Å². The van der Waals surface area contributed by atoms with Crippen LogP contribution in [-0.4, -0.2) is 30.8 Å². The molecule has 0 aliphatic rings. The van der Waals surface area contributed by atoms with Crippen LogP contribution in [0.5, 0.6) is 0 Å². The van der Waals surface area contributed by atoms with Crippen molar-refractivity contribution in [1.82, 2.24) is 19.7 Å². The summed E-state index contributed by atoms with van der Waals surface area (Å²) >= 11 is 1.40. The van der Waals surface area contributed by atoms with Crippen LogP contribution in [-0.2, 0) is 0 Å². The number of oxime groups is 1. The summed E-state index contributed by atoms with van der Waals surface area (Å²) in [5.41, 5.74) is 5.46. The van der Waals surface area contributed by atoms with Gasteiger partial charge in [-0.15, -0.1) is 10.2 Å². The molecule has 3 N–H and O–H groups in total. The fraction of sp³-hybridized carbons (Fsp3) is 0.143. The second-order valence-corrected chi connectivity index (χ2v) is 3.87. The van der Waals surface area contributed by atoms with Crippen molar-refractivity contribution in [1.29, 1.82) is 0 Å². The molecule has 7 nitrogen and oxygen atoms in total. The van der Waals surface area contributed by atoms with Crippen LogP contribution in [0.15, 0.2) is 17.5 Å². The Morgan fingerprint density at radius 1 is 1.60 bits per heavy atom. The number of hydrogen-bond acceptors (Lipinski definition) is 6. The summed E-state index contributed by atoms with van der Waals surface area (Å²) in [6.45, 7) is 1.85. The topological polar surface area (TPSA) is 102 Å². The molecule has 0 aliphatic heterocycles. The van der Waals surface area contributed by atoms with E-state index in [4.69, 9.17) is 10.9 Å². The molecule has 0 bridgehead atoms. The Balaban J connectivity index is 2.50. The van der Waals surface area contributed by atoms with Crippen molar-refractivity contribution in [3.05, 3.63) is 23.2 Å². The maximum absolute atomic E-state index is 8.56. The number of hydrogen-bond donors (Lipinski definition) is 2. The van der Waals surface area contributed by atoms with Gasteiger partial charge in [-0.05, 0) is 6.92 Å². The summed E-state index contributed by atoms with van der Waals surface area (Å²) in [4.78, 5) is 3.96. The number of rotatable bonds is 2. The maximum Gasteiger partial charge on any atom is 0.218 e. The Morgan fingerprint density at radius 2 is 2.40 bits per heavy atom. The van der Waals surface area contributed by atoms with Gasteiger partial charge in [0.05, 0.1) is 0 Å². The quantitative estimate of drug-likeness (QED) is 0.326. The number of aromatic nitrogens is 4. The second-order valence-electron chi connectivity index (χ2n) is 2.71. The highest BCUT2D eigenvalue weighted by atomic mass is 32.1. The van der Waals surface area contributed by atoms with E-state index < -0.39 is 0 Å².